The molecule has 1 heterocycles. The average molecular weight is 251 g/mol. The molecule has 4 heteroatoms. The Morgan fingerprint density at radius 2 is 2.18 bits per heavy atom. The molecule has 0 aliphatic carbocycles. The molecule has 0 saturated heterocycles. The van der Waals surface area contributed by atoms with Gasteiger partial charge in [-0.05, 0) is 31.5 Å². The lowest BCUT2D eigenvalue weighted by Crippen LogP contribution is -1.91. The lowest BCUT2D eigenvalue weighted by molar-refractivity contribution is 0.416. The topological polar surface area (TPSA) is 37.9 Å². The highest BCUT2D eigenvalue weighted by molar-refractivity contribution is 6.31. The zero-order valence-corrected chi connectivity index (χ0v) is 10.9. The van der Waals surface area contributed by atoms with Crippen molar-refractivity contribution >= 4 is 11.6 Å². The van der Waals surface area contributed by atoms with Crippen LogP contribution in [0, 0.1) is 6.92 Å². The van der Waals surface area contributed by atoms with Crippen molar-refractivity contribution in [3.8, 4) is 16.9 Å². The van der Waals surface area contributed by atoms with Crippen molar-refractivity contribution in [2.24, 2.45) is 0 Å². The molecule has 2 aromatic rings. The van der Waals surface area contributed by atoms with Crippen LogP contribution in [0.2, 0.25) is 5.02 Å². The number of halogens is 1. The number of nitrogens with one attached hydrogen (secondary N) is 1. The Hall–Kier alpha value is -1.48. The molecule has 1 aromatic heterocycles. The molecule has 0 unspecified atom stereocenters. The van der Waals surface area contributed by atoms with Gasteiger partial charge in [-0.1, -0.05) is 18.5 Å². The second-order valence-electron chi connectivity index (χ2n) is 3.87. The number of ether oxygens (including phenoxy) is 1. The fraction of sp³-hybridized carbons (Fsp3) is 0.308. The maximum atomic E-state index is 6.05. The van der Waals surface area contributed by atoms with Gasteiger partial charge in [0.25, 0.3) is 0 Å². The second kappa shape index (κ2) is 4.80. The molecular weight excluding hydrogens is 236 g/mol. The van der Waals surface area contributed by atoms with E-state index in [1.54, 1.807) is 7.11 Å². The zero-order valence-electron chi connectivity index (χ0n) is 10.2. The van der Waals surface area contributed by atoms with Gasteiger partial charge in [0.2, 0.25) is 0 Å². The normalized spacial score (nSPS) is 10.6. The molecule has 90 valence electrons. The molecule has 0 atom stereocenters. The van der Waals surface area contributed by atoms with Gasteiger partial charge in [0.1, 0.15) is 5.75 Å². The first-order valence-corrected chi connectivity index (χ1v) is 5.93. The van der Waals surface area contributed by atoms with E-state index < -0.39 is 0 Å². The number of aromatic nitrogens is 2. The number of hydrogen-bond acceptors (Lipinski definition) is 2. The summed E-state index contributed by atoms with van der Waals surface area (Å²) in [4.78, 5) is 0. The molecular formula is C13H15ClN2O. The molecule has 0 spiro atoms. The van der Waals surface area contributed by atoms with Crippen molar-refractivity contribution in [1.29, 1.82) is 0 Å². The van der Waals surface area contributed by atoms with Crippen LogP contribution in [-0.2, 0) is 6.42 Å². The Morgan fingerprint density at radius 3 is 2.82 bits per heavy atom. The van der Waals surface area contributed by atoms with Crippen LogP contribution >= 0.6 is 11.6 Å². The molecule has 2 rings (SSSR count). The lowest BCUT2D eigenvalue weighted by Gasteiger charge is -2.09. The summed E-state index contributed by atoms with van der Waals surface area (Å²) in [7, 11) is 1.66. The lowest BCUT2D eigenvalue weighted by atomic mass is 10.0. The maximum Gasteiger partial charge on any atom is 0.126 e. The molecule has 0 bridgehead atoms. The minimum Gasteiger partial charge on any atom is -0.496 e. The number of benzene rings is 1. The van der Waals surface area contributed by atoms with Crippen molar-refractivity contribution in [1.82, 2.24) is 10.2 Å². The number of hydrogen-bond donors (Lipinski definition) is 1. The molecule has 0 fully saturated rings. The maximum absolute atomic E-state index is 6.05. The molecule has 0 aliphatic rings. The summed E-state index contributed by atoms with van der Waals surface area (Å²) in [5, 5.41) is 8.00. The Balaban J connectivity index is 2.66. The minimum atomic E-state index is 0.698. The van der Waals surface area contributed by atoms with E-state index in [0.29, 0.717) is 5.02 Å². The van der Waals surface area contributed by atoms with Crippen LogP contribution in [0.3, 0.4) is 0 Å². The SMILES string of the molecule is CCc1n[nH]c(C)c1-c1cc(Cl)ccc1OC. The molecule has 0 aliphatic heterocycles. The highest BCUT2D eigenvalue weighted by atomic mass is 35.5. The standard InChI is InChI=1S/C13H15ClN2O/c1-4-11-13(8(2)15-16-11)10-7-9(14)5-6-12(10)17-3/h5-7H,4H2,1-3H3,(H,15,16). The zero-order chi connectivity index (χ0) is 12.4. The van der Waals surface area contributed by atoms with Crippen molar-refractivity contribution in [3.63, 3.8) is 0 Å². The quantitative estimate of drug-likeness (QED) is 0.904. The Bertz CT molecular complexity index is 534. The van der Waals surface area contributed by atoms with Crippen molar-refractivity contribution in [2.45, 2.75) is 20.3 Å². The van der Waals surface area contributed by atoms with Gasteiger partial charge in [-0.25, -0.2) is 0 Å². The first kappa shape index (κ1) is 12.0. The first-order valence-electron chi connectivity index (χ1n) is 5.55. The number of rotatable bonds is 3. The van der Waals surface area contributed by atoms with Crippen molar-refractivity contribution in [2.75, 3.05) is 7.11 Å². The summed E-state index contributed by atoms with van der Waals surface area (Å²) in [5.74, 6) is 0.814. The molecule has 0 amide bonds. The smallest absolute Gasteiger partial charge is 0.126 e. The number of aromatic amines is 1. The fourth-order valence-electron chi connectivity index (χ4n) is 1.97. The summed E-state index contributed by atoms with van der Waals surface area (Å²) >= 11 is 6.05. The van der Waals surface area contributed by atoms with E-state index in [1.807, 2.05) is 25.1 Å². The summed E-state index contributed by atoms with van der Waals surface area (Å²) in [5.41, 5.74) is 4.14. The first-order chi connectivity index (χ1) is 8.17. The Labute approximate surface area is 106 Å². The molecule has 17 heavy (non-hydrogen) atoms. The third-order valence-corrected chi connectivity index (χ3v) is 3.02. The number of H-pyrrole nitrogens is 1. The van der Waals surface area contributed by atoms with Crippen molar-refractivity contribution < 1.29 is 4.74 Å². The van der Waals surface area contributed by atoms with E-state index in [-0.39, 0.29) is 0 Å². The highest BCUT2D eigenvalue weighted by Gasteiger charge is 2.15. The van der Waals surface area contributed by atoms with Crippen LogP contribution in [0.4, 0.5) is 0 Å². The number of nitrogens with zero attached hydrogens (tertiary/aromatic N) is 1. The van der Waals surface area contributed by atoms with E-state index in [1.165, 1.54) is 0 Å². The van der Waals surface area contributed by atoms with E-state index in [0.717, 1.165) is 34.7 Å². The average Bonchev–Trinajstić information content (AvgIpc) is 2.70. The van der Waals surface area contributed by atoms with E-state index >= 15 is 0 Å². The van der Waals surface area contributed by atoms with Gasteiger partial charge in [0, 0.05) is 21.8 Å². The van der Waals surface area contributed by atoms with Crippen LogP contribution in [0.5, 0.6) is 5.75 Å². The van der Waals surface area contributed by atoms with Gasteiger partial charge >= 0.3 is 0 Å². The van der Waals surface area contributed by atoms with Crippen LogP contribution < -0.4 is 4.74 Å². The summed E-state index contributed by atoms with van der Waals surface area (Å²) < 4.78 is 5.38. The predicted octanol–water partition coefficient (Wildman–Crippen LogP) is 3.61. The van der Waals surface area contributed by atoms with Crippen LogP contribution in [0.15, 0.2) is 18.2 Å². The summed E-state index contributed by atoms with van der Waals surface area (Å²) in [6.45, 7) is 4.08. The largest absolute Gasteiger partial charge is 0.496 e. The number of aryl methyl sites for hydroxylation is 2. The monoisotopic (exact) mass is 250 g/mol. The second-order valence-corrected chi connectivity index (χ2v) is 4.30. The van der Waals surface area contributed by atoms with E-state index in [9.17, 15) is 0 Å². The van der Waals surface area contributed by atoms with Gasteiger partial charge in [-0.15, -0.1) is 0 Å². The van der Waals surface area contributed by atoms with Gasteiger partial charge in [-0.3, -0.25) is 5.10 Å². The third kappa shape index (κ3) is 2.15. The van der Waals surface area contributed by atoms with E-state index in [2.05, 4.69) is 17.1 Å². The predicted molar refractivity (Wildman–Crippen MR) is 69.7 cm³/mol. The van der Waals surface area contributed by atoms with E-state index in [4.69, 9.17) is 16.3 Å². The van der Waals surface area contributed by atoms with Crippen LogP contribution in [-0.4, -0.2) is 17.3 Å². The number of methoxy groups -OCH3 is 1. The molecule has 1 aromatic carbocycles. The fourth-order valence-corrected chi connectivity index (χ4v) is 2.14. The van der Waals surface area contributed by atoms with Crippen LogP contribution in [0.25, 0.3) is 11.1 Å². The summed E-state index contributed by atoms with van der Waals surface area (Å²) in [6.07, 6.45) is 0.870. The minimum absolute atomic E-state index is 0.698. The summed E-state index contributed by atoms with van der Waals surface area (Å²) in [6, 6.07) is 5.62. The van der Waals surface area contributed by atoms with Crippen LogP contribution in [0.1, 0.15) is 18.3 Å². The third-order valence-electron chi connectivity index (χ3n) is 2.79. The van der Waals surface area contributed by atoms with Gasteiger partial charge in [0.05, 0.1) is 12.8 Å². The van der Waals surface area contributed by atoms with Gasteiger partial charge in [-0.2, -0.15) is 5.10 Å². The molecule has 1 N–H and O–H groups in total. The Kier molecular flexibility index (Phi) is 3.38. The molecule has 3 nitrogen and oxygen atoms in total. The molecule has 0 saturated carbocycles. The van der Waals surface area contributed by atoms with Gasteiger partial charge < -0.3 is 4.74 Å². The van der Waals surface area contributed by atoms with Gasteiger partial charge in [0.15, 0.2) is 0 Å². The molecule has 0 radical (unpaired) electrons. The Morgan fingerprint density at radius 1 is 1.41 bits per heavy atom. The van der Waals surface area contributed by atoms with Crippen molar-refractivity contribution in [3.05, 3.63) is 34.6 Å². The highest BCUT2D eigenvalue weighted by Crippen LogP contribution is 2.35.